The summed E-state index contributed by atoms with van der Waals surface area (Å²) in [6, 6.07) is 13.3. The lowest BCUT2D eigenvalue weighted by Crippen LogP contribution is -2.25. The van der Waals surface area contributed by atoms with Crippen LogP contribution in [0.2, 0.25) is 0 Å². The first-order chi connectivity index (χ1) is 20.0. The van der Waals surface area contributed by atoms with Crippen molar-refractivity contribution in [3.8, 4) is 5.75 Å². The van der Waals surface area contributed by atoms with E-state index in [0.29, 0.717) is 41.7 Å². The van der Waals surface area contributed by atoms with E-state index in [-0.39, 0.29) is 11.5 Å². The lowest BCUT2D eigenvalue weighted by Gasteiger charge is -2.15. The fraction of sp³-hybridized carbons (Fsp3) is 0.355. The number of rotatable bonds is 9. The monoisotopic (exact) mass is 551 g/mol. The van der Waals surface area contributed by atoms with E-state index in [4.69, 9.17) is 9.84 Å². The first-order valence-electron chi connectivity index (χ1n) is 14.3. The number of carbonyl (C=O) groups excluding carboxylic acids is 1. The molecule has 5 aromatic rings. The zero-order valence-electron chi connectivity index (χ0n) is 23.1. The van der Waals surface area contributed by atoms with Gasteiger partial charge in [0.05, 0.1) is 29.6 Å². The summed E-state index contributed by atoms with van der Waals surface area (Å²) < 4.78 is 11.2. The number of benzene rings is 1. The quantitative estimate of drug-likeness (QED) is 0.297. The summed E-state index contributed by atoms with van der Waals surface area (Å²) in [6.45, 7) is 4.20. The normalized spacial score (nSPS) is 15.6. The van der Waals surface area contributed by atoms with Gasteiger partial charge in [-0.25, -0.2) is 4.98 Å². The Bertz CT molecular complexity index is 1810. The average molecular weight is 552 g/mol. The van der Waals surface area contributed by atoms with Crippen molar-refractivity contribution in [2.24, 2.45) is 7.05 Å². The lowest BCUT2D eigenvalue weighted by atomic mass is 10.1. The third kappa shape index (κ3) is 4.99. The van der Waals surface area contributed by atoms with Crippen LogP contribution < -0.4 is 15.6 Å². The zero-order valence-corrected chi connectivity index (χ0v) is 23.1. The molecule has 1 aliphatic heterocycles. The van der Waals surface area contributed by atoms with Crippen LogP contribution in [0.25, 0.3) is 16.6 Å². The van der Waals surface area contributed by atoms with E-state index >= 15 is 0 Å². The Labute approximate surface area is 237 Å². The van der Waals surface area contributed by atoms with Crippen LogP contribution in [0.15, 0.2) is 65.8 Å². The fourth-order valence-corrected chi connectivity index (χ4v) is 5.77. The van der Waals surface area contributed by atoms with Crippen LogP contribution in [0.1, 0.15) is 53.3 Å². The van der Waals surface area contributed by atoms with Crippen LogP contribution in [0.5, 0.6) is 5.75 Å². The smallest absolute Gasteiger partial charge is 0.274 e. The Morgan fingerprint density at radius 3 is 2.78 bits per heavy atom. The summed E-state index contributed by atoms with van der Waals surface area (Å²) in [5.74, 6) is 0.850. The van der Waals surface area contributed by atoms with Crippen LogP contribution in [-0.4, -0.2) is 60.8 Å². The van der Waals surface area contributed by atoms with Gasteiger partial charge < -0.3 is 14.6 Å². The number of anilines is 1. The van der Waals surface area contributed by atoms with E-state index in [9.17, 15) is 9.59 Å². The molecule has 1 amide bonds. The number of ether oxygens (including phenoxy) is 1. The number of pyridine rings is 2. The zero-order chi connectivity index (χ0) is 27.9. The molecule has 1 saturated heterocycles. The third-order valence-electron chi connectivity index (χ3n) is 8.13. The Morgan fingerprint density at radius 2 is 1.95 bits per heavy atom. The van der Waals surface area contributed by atoms with E-state index in [2.05, 4.69) is 15.2 Å². The number of nitrogens with zero attached hydrogens (tertiary/aromatic N) is 6. The third-order valence-corrected chi connectivity index (χ3v) is 8.13. The number of likely N-dealkylation sites (tertiary alicyclic amines) is 1. The van der Waals surface area contributed by atoms with Crippen molar-refractivity contribution in [1.82, 2.24) is 28.6 Å². The minimum atomic E-state index is -0.251. The number of hydrogen-bond acceptors (Lipinski definition) is 6. The number of imidazole rings is 1. The number of fused-ring (bicyclic) bond motifs is 2. The van der Waals surface area contributed by atoms with Crippen LogP contribution in [0.4, 0.5) is 5.69 Å². The second-order valence-electron chi connectivity index (χ2n) is 11.1. The van der Waals surface area contributed by atoms with Crippen molar-refractivity contribution in [3.05, 3.63) is 88.4 Å². The molecular formula is C31H33N7O3. The van der Waals surface area contributed by atoms with Crippen LogP contribution in [0.3, 0.4) is 0 Å². The van der Waals surface area contributed by atoms with Gasteiger partial charge in [-0.05, 0) is 63.0 Å². The minimum absolute atomic E-state index is 0.0404. The summed E-state index contributed by atoms with van der Waals surface area (Å²) >= 11 is 0. The van der Waals surface area contributed by atoms with Crippen LogP contribution in [-0.2, 0) is 13.6 Å². The van der Waals surface area contributed by atoms with Crippen molar-refractivity contribution < 1.29 is 9.53 Å². The largest absolute Gasteiger partial charge is 0.492 e. The van der Waals surface area contributed by atoms with Crippen molar-refractivity contribution in [2.45, 2.75) is 38.1 Å². The number of amides is 1. The predicted octanol–water partition coefficient (Wildman–Crippen LogP) is 4.04. The minimum Gasteiger partial charge on any atom is -0.492 e. The molecule has 7 rings (SSSR count). The summed E-state index contributed by atoms with van der Waals surface area (Å²) in [5.41, 5.74) is 4.29. The second-order valence-corrected chi connectivity index (χ2v) is 11.1. The molecule has 41 heavy (non-hydrogen) atoms. The molecule has 10 nitrogen and oxygen atoms in total. The maximum absolute atomic E-state index is 13.5. The maximum Gasteiger partial charge on any atom is 0.274 e. The van der Waals surface area contributed by atoms with Crippen molar-refractivity contribution in [1.29, 1.82) is 0 Å². The Balaban J connectivity index is 1.14. The molecule has 0 atom stereocenters. The highest BCUT2D eigenvalue weighted by molar-refractivity contribution is 6.09. The molecule has 0 bridgehead atoms. The number of aromatic nitrogens is 5. The molecule has 2 fully saturated rings. The van der Waals surface area contributed by atoms with Crippen molar-refractivity contribution >= 4 is 28.1 Å². The van der Waals surface area contributed by atoms with Gasteiger partial charge >= 0.3 is 0 Å². The molecule has 0 spiro atoms. The number of nitrogens with one attached hydrogen (secondary N) is 1. The molecule has 210 valence electrons. The molecule has 2 aliphatic rings. The molecule has 1 N–H and O–H groups in total. The predicted molar refractivity (Wildman–Crippen MR) is 157 cm³/mol. The molecule has 0 radical (unpaired) electrons. The van der Waals surface area contributed by atoms with Crippen molar-refractivity contribution in [3.63, 3.8) is 0 Å². The highest BCUT2D eigenvalue weighted by Gasteiger charge is 2.31. The Kier molecular flexibility index (Phi) is 6.54. The van der Waals surface area contributed by atoms with Gasteiger partial charge in [0.1, 0.15) is 23.7 Å². The number of aryl methyl sites for hydroxylation is 1. The highest BCUT2D eigenvalue weighted by Crippen LogP contribution is 2.44. The molecule has 5 heterocycles. The van der Waals surface area contributed by atoms with E-state index in [1.165, 1.54) is 12.8 Å². The molecule has 1 aromatic carbocycles. The van der Waals surface area contributed by atoms with Gasteiger partial charge in [0, 0.05) is 48.9 Å². The second kappa shape index (κ2) is 10.5. The van der Waals surface area contributed by atoms with E-state index in [0.717, 1.165) is 54.8 Å². The van der Waals surface area contributed by atoms with Gasteiger partial charge in [-0.2, -0.15) is 5.10 Å². The first-order valence-corrected chi connectivity index (χ1v) is 14.3. The molecule has 0 unspecified atom stereocenters. The highest BCUT2D eigenvalue weighted by atomic mass is 16.5. The lowest BCUT2D eigenvalue weighted by molar-refractivity contribution is 0.102. The first kappa shape index (κ1) is 25.5. The van der Waals surface area contributed by atoms with E-state index in [1.54, 1.807) is 28.4 Å². The average Bonchev–Trinajstić information content (AvgIpc) is 3.35. The topological polar surface area (TPSA) is 98.7 Å². The van der Waals surface area contributed by atoms with Gasteiger partial charge in [0.2, 0.25) is 0 Å². The van der Waals surface area contributed by atoms with Gasteiger partial charge in [0.25, 0.3) is 11.5 Å². The Morgan fingerprint density at radius 1 is 1.10 bits per heavy atom. The van der Waals surface area contributed by atoms with E-state index in [1.807, 2.05) is 53.3 Å². The molecular weight excluding hydrogens is 518 g/mol. The SMILES string of the molecule is Cn1cccc(Cn2nc(C3CC3)c3c(NC(=O)c4cnc5cc(OCCN6CCCC6)ccn45)cccc32)c1=O. The van der Waals surface area contributed by atoms with Gasteiger partial charge in [-0.15, -0.1) is 0 Å². The summed E-state index contributed by atoms with van der Waals surface area (Å²) in [7, 11) is 1.75. The van der Waals surface area contributed by atoms with Gasteiger partial charge in [-0.1, -0.05) is 12.1 Å². The Hall–Kier alpha value is -4.44. The number of hydrogen-bond donors (Lipinski definition) is 1. The molecule has 4 aromatic heterocycles. The van der Waals surface area contributed by atoms with E-state index < -0.39 is 0 Å². The summed E-state index contributed by atoms with van der Waals surface area (Å²) in [6.07, 6.45) is 9.83. The van der Waals surface area contributed by atoms with Crippen LogP contribution >= 0.6 is 0 Å². The molecule has 1 saturated carbocycles. The van der Waals surface area contributed by atoms with Crippen LogP contribution in [0, 0.1) is 0 Å². The summed E-state index contributed by atoms with van der Waals surface area (Å²) in [5, 5.41) is 8.99. The molecule has 1 aliphatic carbocycles. The molecule has 10 heteroatoms. The standard InChI is InChI=1S/C31H33N7O3/c1-35-12-5-6-22(31(35)40)20-38-25-8-4-7-24(28(25)29(34-38)21-9-10-21)33-30(39)26-19-32-27-18-23(11-15-37(26)27)41-17-16-36-13-2-3-14-36/h4-8,11-12,15,18-19,21H,2-3,9-10,13-14,16-17,20H2,1H3,(H,33,39). The number of carbonyl (C=O) groups is 1. The fourth-order valence-electron chi connectivity index (χ4n) is 5.77. The maximum atomic E-state index is 13.5. The van der Waals surface area contributed by atoms with Crippen molar-refractivity contribution in [2.75, 3.05) is 31.6 Å². The van der Waals surface area contributed by atoms with Gasteiger partial charge in [0.15, 0.2) is 0 Å². The summed E-state index contributed by atoms with van der Waals surface area (Å²) in [4.78, 5) is 33.1. The van der Waals surface area contributed by atoms with Gasteiger partial charge in [-0.3, -0.25) is 23.6 Å².